The highest BCUT2D eigenvalue weighted by Gasteiger charge is 2.21. The lowest BCUT2D eigenvalue weighted by Gasteiger charge is -2.32. The summed E-state index contributed by atoms with van der Waals surface area (Å²) in [5, 5.41) is 3.34. The van der Waals surface area contributed by atoms with Crippen molar-refractivity contribution in [2.24, 2.45) is 5.92 Å². The van der Waals surface area contributed by atoms with Crippen LogP contribution in [0.2, 0.25) is 5.02 Å². The largest absolute Gasteiger partial charge is 0.496 e. The van der Waals surface area contributed by atoms with E-state index in [-0.39, 0.29) is 17.7 Å². The first-order valence-corrected chi connectivity index (χ1v) is 13.1. The average molecular weight is 530 g/mol. The third-order valence-corrected chi connectivity index (χ3v) is 6.97. The number of nitrogens with zero attached hydrogens (tertiary/aromatic N) is 1. The Balaban J connectivity index is 1.29. The summed E-state index contributed by atoms with van der Waals surface area (Å²) in [5.41, 5.74) is 7.20. The standard InChI is InChI=1S/C28H36ClN3O5/c1-19(33)37-22-9-7-21(8-10-22)26(34)6-4-3-5-13-32-14-11-20(12-15-32)18-31-28(35)23-16-24(29)25(30)17-27(23)36-2/h7-10,16-17,20H,3-6,11-15,18,30H2,1-2H3,(H,31,35). The zero-order valence-electron chi connectivity index (χ0n) is 21.6. The molecule has 0 aromatic heterocycles. The summed E-state index contributed by atoms with van der Waals surface area (Å²) in [5.74, 6) is 0.805. The van der Waals surface area contributed by atoms with Crippen LogP contribution >= 0.6 is 11.6 Å². The molecule has 8 nitrogen and oxygen atoms in total. The molecule has 37 heavy (non-hydrogen) atoms. The fraction of sp³-hybridized carbons (Fsp3) is 0.464. The van der Waals surface area contributed by atoms with Crippen LogP contribution in [0.4, 0.5) is 5.69 Å². The molecule has 1 saturated heterocycles. The summed E-state index contributed by atoms with van der Waals surface area (Å²) in [6.07, 6.45) is 5.48. The van der Waals surface area contributed by atoms with Gasteiger partial charge in [0.2, 0.25) is 0 Å². The van der Waals surface area contributed by atoms with Gasteiger partial charge >= 0.3 is 5.97 Å². The van der Waals surface area contributed by atoms with Gasteiger partial charge in [-0.05, 0) is 81.6 Å². The Morgan fingerprint density at radius 3 is 2.43 bits per heavy atom. The summed E-state index contributed by atoms with van der Waals surface area (Å²) in [6.45, 7) is 4.99. The highest BCUT2D eigenvalue weighted by Crippen LogP contribution is 2.29. The number of carbonyl (C=O) groups is 3. The van der Waals surface area contributed by atoms with Crippen molar-refractivity contribution in [3.63, 3.8) is 0 Å². The Kier molecular flexibility index (Phi) is 10.8. The number of esters is 1. The van der Waals surface area contributed by atoms with Crippen molar-refractivity contribution in [1.29, 1.82) is 0 Å². The number of anilines is 1. The van der Waals surface area contributed by atoms with E-state index in [1.807, 2.05) is 0 Å². The number of nitrogens with one attached hydrogen (secondary N) is 1. The van der Waals surface area contributed by atoms with Gasteiger partial charge in [-0.25, -0.2) is 0 Å². The van der Waals surface area contributed by atoms with E-state index in [1.54, 1.807) is 36.4 Å². The average Bonchev–Trinajstić information content (AvgIpc) is 2.89. The van der Waals surface area contributed by atoms with E-state index in [9.17, 15) is 14.4 Å². The predicted octanol–water partition coefficient (Wildman–Crippen LogP) is 4.74. The highest BCUT2D eigenvalue weighted by molar-refractivity contribution is 6.33. The number of hydrogen-bond acceptors (Lipinski definition) is 7. The first-order chi connectivity index (χ1) is 17.8. The van der Waals surface area contributed by atoms with Gasteiger partial charge in [0.25, 0.3) is 5.91 Å². The smallest absolute Gasteiger partial charge is 0.308 e. The van der Waals surface area contributed by atoms with Crippen LogP contribution in [0.5, 0.6) is 11.5 Å². The number of carbonyl (C=O) groups excluding carboxylic acids is 3. The topological polar surface area (TPSA) is 111 Å². The molecule has 0 unspecified atom stereocenters. The van der Waals surface area contributed by atoms with Crippen LogP contribution in [-0.4, -0.2) is 55.8 Å². The van der Waals surface area contributed by atoms with E-state index in [1.165, 1.54) is 14.0 Å². The number of nitrogen functional groups attached to an aromatic ring is 1. The molecule has 0 saturated carbocycles. The number of Topliss-reactive ketones (excluding diaryl/α,β-unsaturated/α-hetero) is 1. The number of ether oxygens (including phenoxy) is 2. The summed E-state index contributed by atoms with van der Waals surface area (Å²) in [6, 6.07) is 9.81. The number of halogens is 1. The Hall–Kier alpha value is -3.10. The zero-order valence-corrected chi connectivity index (χ0v) is 22.3. The number of methoxy groups -OCH3 is 1. The van der Waals surface area contributed by atoms with Crippen LogP contribution in [-0.2, 0) is 4.79 Å². The van der Waals surface area contributed by atoms with Crippen LogP contribution < -0.4 is 20.5 Å². The van der Waals surface area contributed by atoms with Crippen molar-refractivity contribution in [2.45, 2.75) is 45.4 Å². The van der Waals surface area contributed by atoms with Gasteiger partial charge in [-0.2, -0.15) is 0 Å². The Morgan fingerprint density at radius 1 is 1.08 bits per heavy atom. The lowest BCUT2D eigenvalue weighted by molar-refractivity contribution is -0.131. The normalized spacial score (nSPS) is 14.2. The summed E-state index contributed by atoms with van der Waals surface area (Å²) >= 11 is 6.08. The fourth-order valence-electron chi connectivity index (χ4n) is 4.48. The summed E-state index contributed by atoms with van der Waals surface area (Å²) in [4.78, 5) is 38.5. The van der Waals surface area contributed by atoms with Crippen molar-refractivity contribution in [1.82, 2.24) is 10.2 Å². The van der Waals surface area contributed by atoms with E-state index >= 15 is 0 Å². The second kappa shape index (κ2) is 14.0. The van der Waals surface area contributed by atoms with E-state index in [4.69, 9.17) is 26.8 Å². The van der Waals surface area contributed by atoms with E-state index < -0.39 is 0 Å². The van der Waals surface area contributed by atoms with Gasteiger partial charge in [-0.1, -0.05) is 18.0 Å². The number of nitrogens with two attached hydrogens (primary N) is 1. The molecular formula is C28H36ClN3O5. The molecule has 1 aliphatic heterocycles. The molecule has 1 heterocycles. The lowest BCUT2D eigenvalue weighted by Crippen LogP contribution is -2.39. The molecule has 0 radical (unpaired) electrons. The maximum Gasteiger partial charge on any atom is 0.308 e. The molecule has 200 valence electrons. The number of likely N-dealkylation sites (tertiary alicyclic amines) is 1. The van der Waals surface area contributed by atoms with Gasteiger partial charge in [0.15, 0.2) is 5.78 Å². The molecule has 3 N–H and O–H groups in total. The first-order valence-electron chi connectivity index (χ1n) is 12.7. The van der Waals surface area contributed by atoms with Gasteiger partial charge in [0, 0.05) is 31.5 Å². The van der Waals surface area contributed by atoms with Gasteiger partial charge in [0.05, 0.1) is 23.4 Å². The third kappa shape index (κ3) is 8.76. The zero-order chi connectivity index (χ0) is 26.8. The van der Waals surface area contributed by atoms with Crippen LogP contribution in [0.25, 0.3) is 0 Å². The molecule has 1 fully saturated rings. The Morgan fingerprint density at radius 2 is 1.78 bits per heavy atom. The molecule has 1 amide bonds. The molecule has 0 atom stereocenters. The van der Waals surface area contributed by atoms with Crippen LogP contribution in [0.3, 0.4) is 0 Å². The quantitative estimate of drug-likeness (QED) is 0.134. The molecule has 3 rings (SSSR count). The molecule has 2 aromatic rings. The monoisotopic (exact) mass is 529 g/mol. The number of rotatable bonds is 12. The second-order valence-corrected chi connectivity index (χ2v) is 9.83. The van der Waals surface area contributed by atoms with E-state index in [0.29, 0.717) is 52.2 Å². The number of unbranched alkanes of at least 4 members (excludes halogenated alkanes) is 2. The van der Waals surface area contributed by atoms with Crippen molar-refractivity contribution in [3.8, 4) is 11.5 Å². The van der Waals surface area contributed by atoms with Gasteiger partial charge in [-0.3, -0.25) is 14.4 Å². The van der Waals surface area contributed by atoms with Crippen molar-refractivity contribution >= 4 is 34.9 Å². The first kappa shape index (κ1) is 28.5. The fourth-order valence-corrected chi connectivity index (χ4v) is 4.64. The van der Waals surface area contributed by atoms with Gasteiger partial charge < -0.3 is 25.4 Å². The molecule has 9 heteroatoms. The Labute approximate surface area is 223 Å². The van der Waals surface area contributed by atoms with Crippen LogP contribution in [0, 0.1) is 5.92 Å². The van der Waals surface area contributed by atoms with Crippen molar-refractivity contribution < 1.29 is 23.9 Å². The summed E-state index contributed by atoms with van der Waals surface area (Å²) in [7, 11) is 1.50. The minimum Gasteiger partial charge on any atom is -0.496 e. The maximum atomic E-state index is 12.6. The number of benzene rings is 2. The SMILES string of the molecule is COc1cc(N)c(Cl)cc1C(=O)NCC1CCN(CCCCCC(=O)c2ccc(OC(C)=O)cc2)CC1. The Bertz CT molecular complexity index is 1080. The second-order valence-electron chi connectivity index (χ2n) is 9.42. The number of amides is 1. The summed E-state index contributed by atoms with van der Waals surface area (Å²) < 4.78 is 10.3. The van der Waals surface area contributed by atoms with Gasteiger partial charge in [0.1, 0.15) is 11.5 Å². The van der Waals surface area contributed by atoms with Crippen molar-refractivity contribution in [2.75, 3.05) is 39.0 Å². The number of piperidine rings is 1. The molecule has 0 bridgehead atoms. The predicted molar refractivity (Wildman–Crippen MR) is 144 cm³/mol. The third-order valence-electron chi connectivity index (χ3n) is 6.64. The maximum absolute atomic E-state index is 12.6. The van der Waals surface area contributed by atoms with E-state index in [0.717, 1.165) is 51.7 Å². The molecule has 1 aliphatic rings. The molecule has 2 aromatic carbocycles. The minimum atomic E-state index is -0.378. The van der Waals surface area contributed by atoms with Crippen LogP contribution in [0.15, 0.2) is 36.4 Å². The number of hydrogen-bond donors (Lipinski definition) is 2. The number of ketones is 1. The molecular weight excluding hydrogens is 494 g/mol. The van der Waals surface area contributed by atoms with Crippen molar-refractivity contribution in [3.05, 3.63) is 52.5 Å². The molecule has 0 aliphatic carbocycles. The van der Waals surface area contributed by atoms with Gasteiger partial charge in [-0.15, -0.1) is 0 Å². The van der Waals surface area contributed by atoms with Crippen LogP contribution in [0.1, 0.15) is 66.2 Å². The minimum absolute atomic E-state index is 0.107. The lowest BCUT2D eigenvalue weighted by atomic mass is 9.96. The van der Waals surface area contributed by atoms with E-state index in [2.05, 4.69) is 10.2 Å². The highest BCUT2D eigenvalue weighted by atomic mass is 35.5. The molecule has 0 spiro atoms.